The minimum Gasteiger partial charge on any atom is -0.495 e. The number of benzene rings is 1. The van der Waals surface area contributed by atoms with E-state index in [1.54, 1.807) is 7.05 Å². The predicted molar refractivity (Wildman–Crippen MR) is 94.2 cm³/mol. The summed E-state index contributed by atoms with van der Waals surface area (Å²) < 4.78 is 55.8. The second-order valence-electron chi connectivity index (χ2n) is 5.58. The van der Waals surface area contributed by atoms with E-state index in [-0.39, 0.29) is 34.0 Å². The molecule has 1 saturated heterocycles. The van der Waals surface area contributed by atoms with Crippen LogP contribution in [-0.4, -0.2) is 60.7 Å². The molecular weight excluding hydrogens is 376 g/mol. The van der Waals surface area contributed by atoms with Crippen LogP contribution in [0, 0.1) is 0 Å². The summed E-state index contributed by atoms with van der Waals surface area (Å²) in [5.41, 5.74) is 0. The fourth-order valence-electron chi connectivity index (χ4n) is 2.62. The van der Waals surface area contributed by atoms with Crippen LogP contribution in [0.3, 0.4) is 0 Å². The third-order valence-corrected chi connectivity index (χ3v) is 6.97. The van der Waals surface area contributed by atoms with Crippen LogP contribution in [-0.2, 0) is 19.9 Å². The summed E-state index contributed by atoms with van der Waals surface area (Å²) in [6.45, 7) is 0.762. The van der Waals surface area contributed by atoms with E-state index in [4.69, 9.17) is 4.74 Å². The number of hydrogen-bond donors (Lipinski definition) is 1. The summed E-state index contributed by atoms with van der Waals surface area (Å²) in [6, 6.07) is 3.98. The van der Waals surface area contributed by atoms with Gasteiger partial charge in [-0.05, 0) is 38.1 Å². The molecule has 1 atom stereocenters. The van der Waals surface area contributed by atoms with Gasteiger partial charge in [0, 0.05) is 25.4 Å². The van der Waals surface area contributed by atoms with Gasteiger partial charge in [-0.2, -0.15) is 4.31 Å². The molecular formula is C14H23ClN2O5S2. The molecule has 138 valence electrons. The van der Waals surface area contributed by atoms with Crippen molar-refractivity contribution >= 4 is 32.3 Å². The monoisotopic (exact) mass is 398 g/mol. The van der Waals surface area contributed by atoms with Gasteiger partial charge < -0.3 is 10.1 Å². The molecule has 2 rings (SSSR count). The zero-order valence-electron chi connectivity index (χ0n) is 13.9. The standard InChI is InChI=1S/C14H22N2O5S2.ClH/c1-15-11-5-4-8-16(10-11)23(19,20)14-9-12(22(3,17)18)6-7-13(14)21-2;/h6-7,9,11,15H,4-5,8,10H2,1-3H3;1H. The Kier molecular flexibility index (Phi) is 7.06. The van der Waals surface area contributed by atoms with Gasteiger partial charge in [-0.15, -0.1) is 12.4 Å². The minimum atomic E-state index is -3.83. The molecule has 24 heavy (non-hydrogen) atoms. The maximum absolute atomic E-state index is 12.9. The molecule has 0 radical (unpaired) electrons. The first-order valence-corrected chi connectivity index (χ1v) is 10.6. The molecule has 1 aromatic rings. The SMILES string of the molecule is CNC1CCCN(S(=O)(=O)c2cc(S(C)(=O)=O)ccc2OC)C1.Cl. The van der Waals surface area contributed by atoms with E-state index >= 15 is 0 Å². The van der Waals surface area contributed by atoms with Crippen molar-refractivity contribution in [2.45, 2.75) is 28.7 Å². The first-order valence-electron chi connectivity index (χ1n) is 7.25. The van der Waals surface area contributed by atoms with E-state index in [9.17, 15) is 16.8 Å². The van der Waals surface area contributed by atoms with Crippen LogP contribution >= 0.6 is 12.4 Å². The van der Waals surface area contributed by atoms with Gasteiger partial charge in [0.15, 0.2) is 9.84 Å². The zero-order chi connectivity index (χ0) is 17.3. The van der Waals surface area contributed by atoms with Crippen molar-refractivity contribution < 1.29 is 21.6 Å². The summed E-state index contributed by atoms with van der Waals surface area (Å²) in [5.74, 6) is 0.143. The fourth-order valence-corrected chi connectivity index (χ4v) is 5.05. The molecule has 1 heterocycles. The van der Waals surface area contributed by atoms with Gasteiger partial charge in [0.05, 0.1) is 12.0 Å². The summed E-state index contributed by atoms with van der Waals surface area (Å²) in [7, 11) is -4.17. The van der Waals surface area contributed by atoms with Crippen LogP contribution in [0.5, 0.6) is 5.75 Å². The van der Waals surface area contributed by atoms with Crippen LogP contribution in [0.4, 0.5) is 0 Å². The van der Waals surface area contributed by atoms with Crippen LogP contribution in [0.1, 0.15) is 12.8 Å². The third kappa shape index (κ3) is 4.40. The van der Waals surface area contributed by atoms with Crippen molar-refractivity contribution in [1.82, 2.24) is 9.62 Å². The Balaban J connectivity index is 0.00000288. The van der Waals surface area contributed by atoms with Crippen LogP contribution in [0.2, 0.25) is 0 Å². The van der Waals surface area contributed by atoms with Crippen LogP contribution in [0.25, 0.3) is 0 Å². The maximum atomic E-state index is 12.9. The highest BCUT2D eigenvalue weighted by atomic mass is 35.5. The summed E-state index contributed by atoms with van der Waals surface area (Å²) in [5, 5.41) is 3.09. The van der Waals surface area contributed by atoms with Gasteiger partial charge in [0.2, 0.25) is 10.0 Å². The van der Waals surface area contributed by atoms with Gasteiger partial charge in [0.25, 0.3) is 0 Å². The number of ether oxygens (including phenoxy) is 1. The number of likely N-dealkylation sites (N-methyl/N-ethyl adjacent to an activating group) is 1. The van der Waals surface area contributed by atoms with Crippen LogP contribution in [0.15, 0.2) is 28.0 Å². The lowest BCUT2D eigenvalue weighted by molar-refractivity contribution is 0.291. The Morgan fingerprint density at radius 2 is 1.92 bits per heavy atom. The van der Waals surface area contributed by atoms with Gasteiger partial charge in [-0.25, -0.2) is 16.8 Å². The quantitative estimate of drug-likeness (QED) is 0.791. The lowest BCUT2D eigenvalue weighted by atomic mass is 10.1. The molecule has 0 amide bonds. The topological polar surface area (TPSA) is 92.8 Å². The third-order valence-electron chi connectivity index (χ3n) is 3.97. The molecule has 1 aliphatic heterocycles. The molecule has 0 saturated carbocycles. The number of rotatable bonds is 5. The Bertz CT molecular complexity index is 780. The zero-order valence-corrected chi connectivity index (χ0v) is 16.3. The molecule has 1 fully saturated rings. The Morgan fingerprint density at radius 1 is 1.25 bits per heavy atom. The number of halogens is 1. The molecule has 0 aliphatic carbocycles. The lowest BCUT2D eigenvalue weighted by Gasteiger charge is -2.32. The lowest BCUT2D eigenvalue weighted by Crippen LogP contribution is -2.46. The fraction of sp³-hybridized carbons (Fsp3) is 0.571. The average Bonchev–Trinajstić information content (AvgIpc) is 2.53. The normalized spacial score (nSPS) is 19.5. The second-order valence-corrected chi connectivity index (χ2v) is 9.50. The highest BCUT2D eigenvalue weighted by Gasteiger charge is 2.32. The van der Waals surface area contributed by atoms with Gasteiger partial charge in [-0.3, -0.25) is 0 Å². The van der Waals surface area contributed by atoms with E-state index < -0.39 is 19.9 Å². The molecule has 1 N–H and O–H groups in total. The van der Waals surface area contributed by atoms with E-state index in [0.29, 0.717) is 13.1 Å². The molecule has 1 aromatic carbocycles. The largest absolute Gasteiger partial charge is 0.495 e. The molecule has 0 aromatic heterocycles. The molecule has 1 aliphatic rings. The van der Waals surface area contributed by atoms with Crippen molar-refractivity contribution in [3.63, 3.8) is 0 Å². The highest BCUT2D eigenvalue weighted by molar-refractivity contribution is 7.91. The van der Waals surface area contributed by atoms with Gasteiger partial charge in [0.1, 0.15) is 10.6 Å². The van der Waals surface area contributed by atoms with Gasteiger partial charge in [-0.1, -0.05) is 0 Å². The molecule has 0 spiro atoms. The van der Waals surface area contributed by atoms with Crippen molar-refractivity contribution in [2.75, 3.05) is 33.5 Å². The number of methoxy groups -OCH3 is 1. The number of sulfonamides is 1. The smallest absolute Gasteiger partial charge is 0.246 e. The number of piperidine rings is 1. The predicted octanol–water partition coefficient (Wildman–Crippen LogP) is 0.893. The molecule has 10 heteroatoms. The van der Waals surface area contributed by atoms with Crippen molar-refractivity contribution in [3.8, 4) is 5.75 Å². The van der Waals surface area contributed by atoms with Crippen LogP contribution < -0.4 is 10.1 Å². The number of hydrogen-bond acceptors (Lipinski definition) is 6. The number of nitrogens with zero attached hydrogens (tertiary/aromatic N) is 1. The van der Waals surface area contributed by atoms with Crippen molar-refractivity contribution in [1.29, 1.82) is 0 Å². The Hall–Kier alpha value is -0.870. The van der Waals surface area contributed by atoms with Crippen molar-refractivity contribution in [2.24, 2.45) is 0 Å². The highest BCUT2D eigenvalue weighted by Crippen LogP contribution is 2.30. The second kappa shape index (κ2) is 8.01. The van der Waals surface area contributed by atoms with Crippen molar-refractivity contribution in [3.05, 3.63) is 18.2 Å². The van der Waals surface area contributed by atoms with E-state index in [2.05, 4.69) is 5.32 Å². The Morgan fingerprint density at radius 3 is 2.46 bits per heavy atom. The molecule has 1 unspecified atom stereocenters. The first-order chi connectivity index (χ1) is 10.7. The van der Waals surface area contributed by atoms with E-state index in [0.717, 1.165) is 19.1 Å². The Labute approximate surface area is 149 Å². The maximum Gasteiger partial charge on any atom is 0.246 e. The first kappa shape index (κ1) is 21.2. The van der Waals surface area contributed by atoms with E-state index in [1.807, 2.05) is 0 Å². The summed E-state index contributed by atoms with van der Waals surface area (Å²) >= 11 is 0. The number of sulfone groups is 1. The molecule has 0 bridgehead atoms. The summed E-state index contributed by atoms with van der Waals surface area (Å²) in [6.07, 6.45) is 2.70. The average molecular weight is 399 g/mol. The summed E-state index contributed by atoms with van der Waals surface area (Å²) in [4.78, 5) is -0.154. The van der Waals surface area contributed by atoms with Gasteiger partial charge >= 0.3 is 0 Å². The minimum absolute atomic E-state index is 0. The molecule has 7 nitrogen and oxygen atoms in total. The van der Waals surface area contributed by atoms with E-state index in [1.165, 1.54) is 29.6 Å². The number of nitrogens with one attached hydrogen (secondary N) is 1.